The number of nitrogens with one attached hydrogen (secondary N) is 1. The Hall–Kier alpha value is -2.04. The first-order valence-corrected chi connectivity index (χ1v) is 11.1. The zero-order valence-electron chi connectivity index (χ0n) is 19.2. The molecule has 30 heavy (non-hydrogen) atoms. The first-order valence-electron chi connectivity index (χ1n) is 11.1. The summed E-state index contributed by atoms with van der Waals surface area (Å²) in [5.41, 5.74) is 4.14. The summed E-state index contributed by atoms with van der Waals surface area (Å²) in [6.07, 6.45) is 3.60. The van der Waals surface area contributed by atoms with E-state index in [1.165, 1.54) is 16.7 Å². The lowest BCUT2D eigenvalue weighted by molar-refractivity contribution is -0.0469. The van der Waals surface area contributed by atoms with Crippen molar-refractivity contribution in [3.05, 3.63) is 59.2 Å². The molecule has 0 amide bonds. The highest BCUT2D eigenvalue weighted by Crippen LogP contribution is 2.41. The number of benzene rings is 2. The third-order valence-corrected chi connectivity index (χ3v) is 6.47. The molecule has 2 atom stereocenters. The number of ether oxygens (including phenoxy) is 3. The molecule has 0 saturated carbocycles. The van der Waals surface area contributed by atoms with Gasteiger partial charge in [0.15, 0.2) is 11.5 Å². The maximum atomic E-state index is 6.12. The molecule has 3 rings (SSSR count). The zero-order valence-corrected chi connectivity index (χ0v) is 19.2. The molecule has 1 N–H and O–H groups in total. The second-order valence-corrected chi connectivity index (χ2v) is 8.87. The highest BCUT2D eigenvalue weighted by Gasteiger charge is 2.39. The summed E-state index contributed by atoms with van der Waals surface area (Å²) in [6.45, 7) is 9.31. The summed E-state index contributed by atoms with van der Waals surface area (Å²) in [5, 5.41) is 3.65. The Kier molecular flexibility index (Phi) is 7.79. The third kappa shape index (κ3) is 5.35. The van der Waals surface area contributed by atoms with E-state index in [0.717, 1.165) is 50.5 Å². The van der Waals surface area contributed by atoms with Crippen molar-refractivity contribution in [2.45, 2.75) is 58.1 Å². The van der Waals surface area contributed by atoms with Gasteiger partial charge < -0.3 is 19.5 Å². The average molecular weight is 412 g/mol. The Bertz CT molecular complexity index is 802. The highest BCUT2D eigenvalue weighted by atomic mass is 16.5. The Morgan fingerprint density at radius 2 is 1.80 bits per heavy atom. The highest BCUT2D eigenvalue weighted by molar-refractivity contribution is 5.42. The molecule has 1 aliphatic heterocycles. The van der Waals surface area contributed by atoms with Gasteiger partial charge in [0.1, 0.15) is 0 Å². The van der Waals surface area contributed by atoms with E-state index < -0.39 is 0 Å². The second-order valence-electron chi connectivity index (χ2n) is 8.87. The van der Waals surface area contributed by atoms with Crippen LogP contribution in [0.5, 0.6) is 11.5 Å². The fraction of sp³-hybridized carbons (Fsp3) is 0.538. The van der Waals surface area contributed by atoms with E-state index in [9.17, 15) is 0 Å². The fourth-order valence-electron chi connectivity index (χ4n) is 4.47. The molecule has 164 valence electrons. The number of rotatable bonds is 9. The predicted molar refractivity (Wildman–Crippen MR) is 123 cm³/mol. The predicted octanol–water partition coefficient (Wildman–Crippen LogP) is 5.26. The smallest absolute Gasteiger partial charge is 0.161 e. The van der Waals surface area contributed by atoms with Crippen molar-refractivity contribution in [1.29, 1.82) is 0 Å². The molecule has 2 aromatic carbocycles. The molecule has 4 nitrogen and oxygen atoms in total. The van der Waals surface area contributed by atoms with Crippen molar-refractivity contribution in [3.8, 4) is 11.5 Å². The van der Waals surface area contributed by atoms with Crippen molar-refractivity contribution < 1.29 is 14.2 Å². The SMILES string of the molecule is COc1ccc(CNCCC2(c3ccc(C)cc3)CCOC(C(C)C)C2)cc1OC. The van der Waals surface area contributed by atoms with Gasteiger partial charge in [0.2, 0.25) is 0 Å². The number of hydrogen-bond donors (Lipinski definition) is 1. The van der Waals surface area contributed by atoms with Crippen LogP contribution in [-0.2, 0) is 16.7 Å². The van der Waals surface area contributed by atoms with Crippen LogP contribution in [0.2, 0.25) is 0 Å². The Morgan fingerprint density at radius 3 is 2.47 bits per heavy atom. The van der Waals surface area contributed by atoms with Crippen molar-refractivity contribution in [2.24, 2.45) is 5.92 Å². The van der Waals surface area contributed by atoms with E-state index in [2.05, 4.69) is 56.4 Å². The second kappa shape index (κ2) is 10.3. The standard InChI is InChI=1S/C26H37NO3/c1-19(2)25-17-26(13-15-30-25,22-9-6-20(3)7-10-22)12-14-27-18-21-8-11-23(28-4)24(16-21)29-5/h6-11,16,19,25,27H,12-15,17-18H2,1-5H3. The Labute approximate surface area is 181 Å². The van der Waals surface area contributed by atoms with Gasteiger partial charge in [-0.15, -0.1) is 0 Å². The molecule has 0 spiro atoms. The molecule has 0 bridgehead atoms. The maximum Gasteiger partial charge on any atom is 0.161 e. The quantitative estimate of drug-likeness (QED) is 0.571. The molecule has 1 heterocycles. The lowest BCUT2D eigenvalue weighted by atomic mass is 9.68. The minimum Gasteiger partial charge on any atom is -0.493 e. The van der Waals surface area contributed by atoms with Gasteiger partial charge in [-0.2, -0.15) is 0 Å². The van der Waals surface area contributed by atoms with Crippen LogP contribution in [0.1, 0.15) is 49.8 Å². The summed E-state index contributed by atoms with van der Waals surface area (Å²) in [5.74, 6) is 2.08. The average Bonchev–Trinajstić information content (AvgIpc) is 2.77. The third-order valence-electron chi connectivity index (χ3n) is 6.47. The van der Waals surface area contributed by atoms with Crippen molar-refractivity contribution in [2.75, 3.05) is 27.4 Å². The number of methoxy groups -OCH3 is 2. The molecule has 1 fully saturated rings. The van der Waals surface area contributed by atoms with E-state index in [-0.39, 0.29) is 5.41 Å². The van der Waals surface area contributed by atoms with Crippen LogP contribution < -0.4 is 14.8 Å². The molecule has 2 aromatic rings. The maximum absolute atomic E-state index is 6.12. The molecule has 0 aromatic heterocycles. The van der Waals surface area contributed by atoms with Gasteiger partial charge in [0, 0.05) is 18.6 Å². The molecular formula is C26H37NO3. The first-order chi connectivity index (χ1) is 14.5. The summed E-state index contributed by atoms with van der Waals surface area (Å²) in [7, 11) is 3.34. The summed E-state index contributed by atoms with van der Waals surface area (Å²) < 4.78 is 16.9. The molecular weight excluding hydrogens is 374 g/mol. The zero-order chi connectivity index (χ0) is 21.6. The van der Waals surface area contributed by atoms with Crippen LogP contribution in [0.4, 0.5) is 0 Å². The van der Waals surface area contributed by atoms with Gasteiger partial charge in [-0.05, 0) is 61.9 Å². The van der Waals surface area contributed by atoms with Crippen LogP contribution in [-0.4, -0.2) is 33.5 Å². The van der Waals surface area contributed by atoms with E-state index in [1.807, 2.05) is 12.1 Å². The van der Waals surface area contributed by atoms with Crippen molar-refractivity contribution in [1.82, 2.24) is 5.32 Å². The van der Waals surface area contributed by atoms with E-state index in [0.29, 0.717) is 12.0 Å². The topological polar surface area (TPSA) is 39.7 Å². The van der Waals surface area contributed by atoms with Crippen molar-refractivity contribution >= 4 is 0 Å². The van der Waals surface area contributed by atoms with Gasteiger partial charge >= 0.3 is 0 Å². The Morgan fingerprint density at radius 1 is 1.07 bits per heavy atom. The van der Waals surface area contributed by atoms with Crippen LogP contribution in [0.25, 0.3) is 0 Å². The summed E-state index contributed by atoms with van der Waals surface area (Å²) in [6, 6.07) is 15.2. The molecule has 0 radical (unpaired) electrons. The summed E-state index contributed by atoms with van der Waals surface area (Å²) in [4.78, 5) is 0. The van der Waals surface area contributed by atoms with Gasteiger partial charge in [0.25, 0.3) is 0 Å². The number of aryl methyl sites for hydroxylation is 1. The first kappa shape index (κ1) is 22.6. The van der Waals surface area contributed by atoms with Gasteiger partial charge in [-0.1, -0.05) is 49.7 Å². The molecule has 2 unspecified atom stereocenters. The van der Waals surface area contributed by atoms with Gasteiger partial charge in [-0.3, -0.25) is 0 Å². The normalized spacial score (nSPS) is 21.6. The summed E-state index contributed by atoms with van der Waals surface area (Å²) >= 11 is 0. The molecule has 1 aliphatic rings. The minimum absolute atomic E-state index is 0.172. The van der Waals surface area contributed by atoms with Crippen LogP contribution in [0.15, 0.2) is 42.5 Å². The van der Waals surface area contributed by atoms with Gasteiger partial charge in [-0.25, -0.2) is 0 Å². The van der Waals surface area contributed by atoms with E-state index in [1.54, 1.807) is 14.2 Å². The van der Waals surface area contributed by atoms with Gasteiger partial charge in [0.05, 0.1) is 20.3 Å². The van der Waals surface area contributed by atoms with Crippen LogP contribution in [0, 0.1) is 12.8 Å². The number of hydrogen-bond acceptors (Lipinski definition) is 4. The fourth-order valence-corrected chi connectivity index (χ4v) is 4.47. The van der Waals surface area contributed by atoms with Crippen LogP contribution in [0.3, 0.4) is 0 Å². The Balaban J connectivity index is 1.68. The van der Waals surface area contributed by atoms with Crippen molar-refractivity contribution in [3.63, 3.8) is 0 Å². The monoisotopic (exact) mass is 411 g/mol. The lowest BCUT2D eigenvalue weighted by Gasteiger charge is -2.43. The molecule has 0 aliphatic carbocycles. The van der Waals surface area contributed by atoms with E-state index >= 15 is 0 Å². The van der Waals surface area contributed by atoms with Crippen LogP contribution >= 0.6 is 0 Å². The largest absolute Gasteiger partial charge is 0.493 e. The van der Waals surface area contributed by atoms with E-state index in [4.69, 9.17) is 14.2 Å². The molecule has 4 heteroatoms. The minimum atomic E-state index is 0.172. The lowest BCUT2D eigenvalue weighted by Crippen LogP contribution is -2.42. The molecule has 1 saturated heterocycles.